The zero-order chi connectivity index (χ0) is 17.8. The first-order chi connectivity index (χ1) is 12.0. The van der Waals surface area contributed by atoms with E-state index in [1.807, 2.05) is 30.0 Å². The average Bonchev–Trinajstić information content (AvgIpc) is 3.09. The molecule has 0 bridgehead atoms. The highest BCUT2D eigenvalue weighted by Crippen LogP contribution is 2.24. The van der Waals surface area contributed by atoms with Crippen LogP contribution in [0.15, 0.2) is 30.5 Å². The number of rotatable bonds is 4. The molecule has 1 aromatic heterocycles. The van der Waals surface area contributed by atoms with Gasteiger partial charge in [0.15, 0.2) is 0 Å². The average molecular weight is 340 g/mol. The van der Waals surface area contributed by atoms with Crippen molar-refractivity contribution in [2.75, 3.05) is 18.4 Å². The van der Waals surface area contributed by atoms with E-state index in [1.165, 1.54) is 6.92 Å². The van der Waals surface area contributed by atoms with Gasteiger partial charge in [-0.15, -0.1) is 0 Å². The predicted octanol–water partition coefficient (Wildman–Crippen LogP) is 2.77. The molecule has 0 saturated carbocycles. The van der Waals surface area contributed by atoms with E-state index in [0.717, 1.165) is 43.6 Å². The van der Waals surface area contributed by atoms with Crippen LogP contribution in [0.1, 0.15) is 41.4 Å². The summed E-state index contributed by atoms with van der Waals surface area (Å²) in [5.74, 6) is 0.489. The summed E-state index contributed by atoms with van der Waals surface area (Å²) in [7, 11) is 0. The highest BCUT2D eigenvalue weighted by molar-refractivity contribution is 5.98. The van der Waals surface area contributed by atoms with Crippen LogP contribution in [0.2, 0.25) is 0 Å². The summed E-state index contributed by atoms with van der Waals surface area (Å²) < 4.78 is 0. The van der Waals surface area contributed by atoms with E-state index in [-0.39, 0.29) is 11.8 Å². The Bertz CT molecular complexity index is 747. The van der Waals surface area contributed by atoms with Gasteiger partial charge >= 0.3 is 0 Å². The minimum absolute atomic E-state index is 0.0460. The lowest BCUT2D eigenvalue weighted by molar-refractivity contribution is -0.114. The van der Waals surface area contributed by atoms with Gasteiger partial charge in [0.1, 0.15) is 0 Å². The molecule has 1 aromatic carbocycles. The van der Waals surface area contributed by atoms with Crippen LogP contribution in [0, 0.1) is 12.8 Å². The third-order valence-corrected chi connectivity index (χ3v) is 4.76. The second-order valence-electron chi connectivity index (χ2n) is 6.73. The Hall–Kier alpha value is -2.63. The number of benzene rings is 1. The highest BCUT2D eigenvalue weighted by Gasteiger charge is 2.25. The first kappa shape index (κ1) is 17.2. The van der Waals surface area contributed by atoms with Crippen molar-refractivity contribution in [1.29, 1.82) is 0 Å². The maximum atomic E-state index is 12.9. The Morgan fingerprint density at radius 2 is 2.04 bits per heavy atom. The van der Waals surface area contributed by atoms with E-state index >= 15 is 0 Å². The van der Waals surface area contributed by atoms with Crippen molar-refractivity contribution >= 4 is 17.5 Å². The number of nitrogens with zero attached hydrogens (tertiary/aromatic N) is 2. The molecule has 2 N–H and O–H groups in total. The molecule has 1 aliphatic rings. The zero-order valence-electron chi connectivity index (χ0n) is 14.7. The summed E-state index contributed by atoms with van der Waals surface area (Å²) in [6, 6.07) is 7.48. The molecular formula is C19H24N4O2. The summed E-state index contributed by atoms with van der Waals surface area (Å²) in [5, 5.41) is 9.74. The summed E-state index contributed by atoms with van der Waals surface area (Å²) >= 11 is 0. The second kappa shape index (κ2) is 7.51. The molecule has 3 rings (SSSR count). The third-order valence-electron chi connectivity index (χ3n) is 4.76. The van der Waals surface area contributed by atoms with Crippen LogP contribution in [-0.2, 0) is 11.2 Å². The molecular weight excluding hydrogens is 316 g/mol. The van der Waals surface area contributed by atoms with Crippen LogP contribution in [0.4, 0.5) is 5.69 Å². The highest BCUT2D eigenvalue weighted by atomic mass is 16.2. The summed E-state index contributed by atoms with van der Waals surface area (Å²) in [5.41, 5.74) is 3.41. The Labute approximate surface area is 147 Å². The number of carbonyl (C=O) groups is 2. The van der Waals surface area contributed by atoms with Crippen molar-refractivity contribution in [2.45, 2.75) is 33.1 Å². The molecule has 1 saturated heterocycles. The van der Waals surface area contributed by atoms with Crippen molar-refractivity contribution in [3.63, 3.8) is 0 Å². The number of piperidine rings is 1. The van der Waals surface area contributed by atoms with E-state index in [1.54, 1.807) is 12.3 Å². The molecule has 6 nitrogen and oxygen atoms in total. The molecule has 2 aromatic rings. The standard InChI is InChI=1S/C19H24N4O2/c1-13-3-4-16(21-14(2)24)12-18(13)19(25)23-9-6-15(7-10-23)11-17-5-8-20-22-17/h3-5,8,12,15H,6-7,9-11H2,1-2H3,(H,20,22)(H,21,24). The maximum Gasteiger partial charge on any atom is 0.254 e. The van der Waals surface area contributed by atoms with Gasteiger partial charge in [-0.1, -0.05) is 6.07 Å². The van der Waals surface area contributed by atoms with Crippen molar-refractivity contribution < 1.29 is 9.59 Å². The molecule has 6 heteroatoms. The van der Waals surface area contributed by atoms with Gasteiger partial charge in [0.05, 0.1) is 0 Å². The smallest absolute Gasteiger partial charge is 0.254 e. The normalized spacial score (nSPS) is 15.2. The van der Waals surface area contributed by atoms with Gasteiger partial charge in [-0.25, -0.2) is 0 Å². The number of amides is 2. The summed E-state index contributed by atoms with van der Waals surface area (Å²) in [6.45, 7) is 4.92. The van der Waals surface area contributed by atoms with Gasteiger partial charge in [-0.3, -0.25) is 14.7 Å². The zero-order valence-corrected chi connectivity index (χ0v) is 14.7. The molecule has 0 radical (unpaired) electrons. The maximum absolute atomic E-state index is 12.9. The monoisotopic (exact) mass is 340 g/mol. The quantitative estimate of drug-likeness (QED) is 0.898. The molecule has 0 spiro atoms. The van der Waals surface area contributed by atoms with Crippen LogP contribution >= 0.6 is 0 Å². The van der Waals surface area contributed by atoms with Crippen LogP contribution in [0.25, 0.3) is 0 Å². The van der Waals surface area contributed by atoms with Crippen LogP contribution in [0.3, 0.4) is 0 Å². The lowest BCUT2D eigenvalue weighted by Gasteiger charge is -2.32. The van der Waals surface area contributed by atoms with Gasteiger partial charge in [0.2, 0.25) is 5.91 Å². The predicted molar refractivity (Wildman–Crippen MR) is 96.4 cm³/mol. The molecule has 0 atom stereocenters. The lowest BCUT2D eigenvalue weighted by atomic mass is 9.91. The lowest BCUT2D eigenvalue weighted by Crippen LogP contribution is -2.39. The van der Waals surface area contributed by atoms with Crippen LogP contribution < -0.4 is 5.32 Å². The van der Waals surface area contributed by atoms with Crippen LogP contribution in [-0.4, -0.2) is 40.0 Å². The minimum atomic E-state index is -0.137. The number of aromatic nitrogens is 2. The van der Waals surface area contributed by atoms with E-state index in [9.17, 15) is 9.59 Å². The number of aromatic amines is 1. The molecule has 1 fully saturated rings. The van der Waals surface area contributed by atoms with Gasteiger partial charge < -0.3 is 10.2 Å². The molecule has 132 valence electrons. The van der Waals surface area contributed by atoms with Gasteiger partial charge in [0.25, 0.3) is 5.91 Å². The fraction of sp³-hybridized carbons (Fsp3) is 0.421. The molecule has 2 heterocycles. The van der Waals surface area contributed by atoms with Gasteiger partial charge in [0, 0.05) is 43.2 Å². The number of nitrogens with one attached hydrogen (secondary N) is 2. The Morgan fingerprint density at radius 3 is 2.68 bits per heavy atom. The summed E-state index contributed by atoms with van der Waals surface area (Å²) in [4.78, 5) is 26.0. The molecule has 0 unspecified atom stereocenters. The van der Waals surface area contributed by atoms with Crippen LogP contribution in [0.5, 0.6) is 0 Å². The SMILES string of the molecule is CC(=O)Nc1ccc(C)c(C(=O)N2CCC(Cc3ccn[nH]3)CC2)c1. The fourth-order valence-electron chi connectivity index (χ4n) is 3.35. The molecule has 1 aliphatic heterocycles. The Morgan fingerprint density at radius 1 is 1.28 bits per heavy atom. The number of hydrogen-bond donors (Lipinski definition) is 2. The Balaban J connectivity index is 1.63. The first-order valence-corrected chi connectivity index (χ1v) is 8.68. The molecule has 0 aliphatic carbocycles. The number of hydrogen-bond acceptors (Lipinski definition) is 3. The number of H-pyrrole nitrogens is 1. The van der Waals surface area contributed by atoms with Gasteiger partial charge in [-0.05, 0) is 55.9 Å². The minimum Gasteiger partial charge on any atom is -0.339 e. The summed E-state index contributed by atoms with van der Waals surface area (Å²) in [6.07, 6.45) is 4.75. The van der Waals surface area contributed by atoms with E-state index in [4.69, 9.17) is 0 Å². The topological polar surface area (TPSA) is 78.1 Å². The number of carbonyl (C=O) groups excluding carboxylic acids is 2. The largest absolute Gasteiger partial charge is 0.339 e. The Kier molecular flexibility index (Phi) is 5.16. The van der Waals surface area contributed by atoms with E-state index < -0.39 is 0 Å². The molecule has 25 heavy (non-hydrogen) atoms. The van der Waals surface area contributed by atoms with Gasteiger partial charge in [-0.2, -0.15) is 5.10 Å². The second-order valence-corrected chi connectivity index (χ2v) is 6.73. The van der Waals surface area contributed by atoms with Crippen molar-refractivity contribution in [1.82, 2.24) is 15.1 Å². The van der Waals surface area contributed by atoms with Crippen molar-refractivity contribution in [3.8, 4) is 0 Å². The van der Waals surface area contributed by atoms with E-state index in [2.05, 4.69) is 15.5 Å². The number of anilines is 1. The van der Waals surface area contributed by atoms with Crippen molar-refractivity contribution in [2.24, 2.45) is 5.92 Å². The number of aryl methyl sites for hydroxylation is 1. The third kappa shape index (κ3) is 4.26. The van der Waals surface area contributed by atoms with Crippen molar-refractivity contribution in [3.05, 3.63) is 47.3 Å². The van der Waals surface area contributed by atoms with E-state index in [0.29, 0.717) is 17.2 Å². The first-order valence-electron chi connectivity index (χ1n) is 8.68. The fourth-order valence-corrected chi connectivity index (χ4v) is 3.35. The molecule has 2 amide bonds. The number of likely N-dealkylation sites (tertiary alicyclic amines) is 1.